The normalized spacial score (nSPS) is 16.6. The molecule has 1 aliphatic rings. The largest absolute Gasteiger partial charge is 0.327 e. The van der Waals surface area contributed by atoms with Crippen molar-refractivity contribution in [2.45, 2.75) is 32.7 Å². The molecule has 24 heavy (non-hydrogen) atoms. The summed E-state index contributed by atoms with van der Waals surface area (Å²) < 4.78 is 0. The minimum absolute atomic E-state index is 0.0557. The fraction of sp³-hybridized carbons (Fsp3) is 0.368. The lowest BCUT2D eigenvalue weighted by atomic mass is 10.0. The number of nitrogens with zero attached hydrogens (tertiary/aromatic N) is 2. The average Bonchev–Trinajstić information content (AvgIpc) is 3.19. The van der Waals surface area contributed by atoms with Gasteiger partial charge in [0.1, 0.15) is 0 Å². The van der Waals surface area contributed by atoms with Gasteiger partial charge < -0.3 is 10.2 Å². The fourth-order valence-corrected chi connectivity index (χ4v) is 3.25. The number of aromatic amines is 1. The fourth-order valence-electron chi connectivity index (χ4n) is 3.25. The third-order valence-corrected chi connectivity index (χ3v) is 4.37. The summed E-state index contributed by atoms with van der Waals surface area (Å²) in [5.74, 6) is 6.05. The Morgan fingerprint density at radius 1 is 1.38 bits per heavy atom. The molecule has 0 aliphatic carbocycles. The molecule has 1 aromatic carbocycles. The Hall–Kier alpha value is -2.74. The van der Waals surface area contributed by atoms with Gasteiger partial charge in [0.25, 0.3) is 0 Å². The van der Waals surface area contributed by atoms with E-state index >= 15 is 0 Å². The molecular weight excluding hydrogens is 300 g/mol. The first-order chi connectivity index (χ1) is 11.7. The van der Waals surface area contributed by atoms with Gasteiger partial charge in [-0.3, -0.25) is 5.10 Å². The van der Waals surface area contributed by atoms with E-state index in [-0.39, 0.29) is 12.1 Å². The number of aromatic nitrogens is 2. The van der Waals surface area contributed by atoms with E-state index in [1.165, 1.54) is 0 Å². The third-order valence-electron chi connectivity index (χ3n) is 4.37. The van der Waals surface area contributed by atoms with Gasteiger partial charge in [0.2, 0.25) is 0 Å². The van der Waals surface area contributed by atoms with Gasteiger partial charge in [0.15, 0.2) is 0 Å². The molecule has 0 bridgehead atoms. The van der Waals surface area contributed by atoms with Crippen LogP contribution in [0.5, 0.6) is 0 Å². The van der Waals surface area contributed by atoms with Crippen LogP contribution in [0.1, 0.15) is 41.4 Å². The van der Waals surface area contributed by atoms with Gasteiger partial charge >= 0.3 is 6.03 Å². The zero-order chi connectivity index (χ0) is 16.9. The van der Waals surface area contributed by atoms with E-state index < -0.39 is 0 Å². The Morgan fingerprint density at radius 2 is 2.17 bits per heavy atom. The average molecular weight is 322 g/mol. The number of carbonyl (C=O) groups is 1. The highest BCUT2D eigenvalue weighted by Gasteiger charge is 2.32. The molecule has 124 valence electrons. The molecule has 1 atom stereocenters. The highest BCUT2D eigenvalue weighted by molar-refractivity contribution is 5.75. The van der Waals surface area contributed by atoms with Gasteiger partial charge in [-0.15, -0.1) is 0 Å². The maximum Gasteiger partial charge on any atom is 0.318 e. The summed E-state index contributed by atoms with van der Waals surface area (Å²) in [5, 5.41) is 10.2. The standard InChI is InChI=1S/C19H22N4O/c1-14-18(15(2)22-21-14)17-11-7-13-23(17)19(24)20-12-6-10-16-8-4-3-5-9-16/h3-5,8-9,17H,7,11-13H2,1-2H3,(H,20,24)(H,21,22). The quantitative estimate of drug-likeness (QED) is 0.835. The number of hydrogen-bond acceptors (Lipinski definition) is 2. The predicted octanol–water partition coefficient (Wildman–Crippen LogP) is 2.92. The number of nitrogens with one attached hydrogen (secondary N) is 2. The van der Waals surface area contributed by atoms with Crippen LogP contribution in [0.4, 0.5) is 4.79 Å². The van der Waals surface area contributed by atoms with Crippen molar-refractivity contribution in [1.82, 2.24) is 20.4 Å². The van der Waals surface area contributed by atoms with Crippen LogP contribution in [-0.4, -0.2) is 34.2 Å². The number of H-pyrrole nitrogens is 1. The minimum Gasteiger partial charge on any atom is -0.327 e. The van der Waals surface area contributed by atoms with Crippen LogP contribution in [-0.2, 0) is 0 Å². The molecule has 1 aliphatic heterocycles. The zero-order valence-electron chi connectivity index (χ0n) is 14.1. The molecule has 2 N–H and O–H groups in total. The molecule has 2 amide bonds. The van der Waals surface area contributed by atoms with E-state index in [9.17, 15) is 4.79 Å². The van der Waals surface area contributed by atoms with E-state index in [1.807, 2.05) is 49.1 Å². The van der Waals surface area contributed by atoms with Crippen LogP contribution in [0, 0.1) is 25.7 Å². The van der Waals surface area contributed by atoms with Crippen molar-refractivity contribution in [2.75, 3.05) is 13.1 Å². The topological polar surface area (TPSA) is 61.0 Å². The molecule has 1 fully saturated rings. The van der Waals surface area contributed by atoms with Crippen molar-refractivity contribution >= 4 is 6.03 Å². The molecule has 3 rings (SSSR count). The molecule has 0 radical (unpaired) electrons. The SMILES string of the molecule is Cc1n[nH]c(C)c1C1CCCN1C(=O)NCC#Cc1ccccc1. The van der Waals surface area contributed by atoms with E-state index in [1.54, 1.807) is 0 Å². The van der Waals surface area contributed by atoms with Crippen LogP contribution < -0.4 is 5.32 Å². The lowest BCUT2D eigenvalue weighted by Crippen LogP contribution is -2.39. The Bertz CT molecular complexity index is 750. The Balaban J connectivity index is 1.61. The first kappa shape index (κ1) is 16.1. The van der Waals surface area contributed by atoms with Gasteiger partial charge in [-0.2, -0.15) is 5.10 Å². The van der Waals surface area contributed by atoms with Crippen molar-refractivity contribution in [2.24, 2.45) is 0 Å². The Morgan fingerprint density at radius 3 is 2.88 bits per heavy atom. The number of aryl methyl sites for hydroxylation is 2. The number of amides is 2. The van der Waals surface area contributed by atoms with Crippen LogP contribution >= 0.6 is 0 Å². The van der Waals surface area contributed by atoms with E-state index in [0.29, 0.717) is 6.54 Å². The lowest BCUT2D eigenvalue weighted by molar-refractivity contribution is 0.194. The van der Waals surface area contributed by atoms with Crippen molar-refractivity contribution in [3.05, 3.63) is 52.8 Å². The maximum atomic E-state index is 12.5. The zero-order valence-corrected chi connectivity index (χ0v) is 14.1. The molecule has 0 saturated carbocycles. The third kappa shape index (κ3) is 3.43. The second-order valence-electron chi connectivity index (χ2n) is 6.03. The van der Waals surface area contributed by atoms with Gasteiger partial charge in [-0.05, 0) is 38.8 Å². The van der Waals surface area contributed by atoms with Gasteiger partial charge in [0.05, 0.1) is 18.3 Å². The molecule has 0 spiro atoms. The molecule has 5 nitrogen and oxygen atoms in total. The Labute approximate surface area is 142 Å². The van der Waals surface area contributed by atoms with E-state index in [2.05, 4.69) is 27.4 Å². The van der Waals surface area contributed by atoms with E-state index in [4.69, 9.17) is 0 Å². The summed E-state index contributed by atoms with van der Waals surface area (Å²) in [4.78, 5) is 14.4. The van der Waals surface area contributed by atoms with Crippen molar-refractivity contribution in [1.29, 1.82) is 0 Å². The molecule has 5 heteroatoms. The summed E-state index contributed by atoms with van der Waals surface area (Å²) >= 11 is 0. The molecular formula is C19H22N4O. The number of urea groups is 1. The van der Waals surface area contributed by atoms with Crippen molar-refractivity contribution < 1.29 is 4.79 Å². The number of rotatable bonds is 2. The highest BCUT2D eigenvalue weighted by atomic mass is 16.2. The summed E-state index contributed by atoms with van der Waals surface area (Å²) in [6, 6.07) is 9.82. The highest BCUT2D eigenvalue weighted by Crippen LogP contribution is 2.34. The maximum absolute atomic E-state index is 12.5. The van der Waals surface area contributed by atoms with E-state index in [0.717, 1.165) is 41.9 Å². The molecule has 1 saturated heterocycles. The van der Waals surface area contributed by atoms with Crippen molar-refractivity contribution in [3.63, 3.8) is 0 Å². The smallest absolute Gasteiger partial charge is 0.318 e. The van der Waals surface area contributed by atoms with Gasteiger partial charge in [0, 0.05) is 23.4 Å². The first-order valence-corrected chi connectivity index (χ1v) is 8.26. The van der Waals surface area contributed by atoms with Crippen molar-refractivity contribution in [3.8, 4) is 11.8 Å². The summed E-state index contributed by atoms with van der Waals surface area (Å²) in [6.07, 6.45) is 1.99. The second-order valence-corrected chi connectivity index (χ2v) is 6.03. The Kier molecular flexibility index (Phi) is 4.85. The first-order valence-electron chi connectivity index (χ1n) is 8.26. The number of likely N-dealkylation sites (tertiary alicyclic amines) is 1. The summed E-state index contributed by atoms with van der Waals surface area (Å²) in [6.45, 7) is 5.11. The van der Waals surface area contributed by atoms with Crippen LogP contribution in [0.15, 0.2) is 30.3 Å². The summed E-state index contributed by atoms with van der Waals surface area (Å²) in [7, 11) is 0. The minimum atomic E-state index is -0.0557. The van der Waals surface area contributed by atoms with Crippen LogP contribution in [0.2, 0.25) is 0 Å². The predicted molar refractivity (Wildman–Crippen MR) is 93.5 cm³/mol. The molecule has 1 aromatic heterocycles. The second kappa shape index (κ2) is 7.22. The summed E-state index contributed by atoms with van der Waals surface area (Å²) in [5.41, 5.74) is 4.12. The lowest BCUT2D eigenvalue weighted by Gasteiger charge is -2.25. The number of benzene rings is 1. The van der Waals surface area contributed by atoms with Crippen LogP contribution in [0.25, 0.3) is 0 Å². The molecule has 2 aromatic rings. The monoisotopic (exact) mass is 322 g/mol. The number of hydrogen-bond donors (Lipinski definition) is 2. The van der Waals surface area contributed by atoms with Gasteiger partial charge in [-0.25, -0.2) is 4.79 Å². The van der Waals surface area contributed by atoms with Crippen LogP contribution in [0.3, 0.4) is 0 Å². The molecule has 1 unspecified atom stereocenters. The molecule has 2 heterocycles. The number of carbonyl (C=O) groups excluding carboxylic acids is 1. The van der Waals surface area contributed by atoms with Gasteiger partial charge in [-0.1, -0.05) is 30.0 Å².